The van der Waals surface area contributed by atoms with Crippen LogP contribution in [0, 0.1) is 11.3 Å². The minimum absolute atomic E-state index is 0.494. The van der Waals surface area contributed by atoms with Crippen LogP contribution in [0.1, 0.15) is 30.0 Å². The van der Waals surface area contributed by atoms with E-state index in [9.17, 15) is 10.4 Å². The molecule has 1 unspecified atom stereocenters. The standard InChI is InChI=1S/C18H17N3O2/c1-12(22)18-20-15-5-3-4-6-16(15)21(18)11-13-7-8-17(23-2)14(9-13)10-19/h3-9,12,22H,11H2,1-2H3. The van der Waals surface area contributed by atoms with Crippen LogP contribution in [0.3, 0.4) is 0 Å². The molecule has 1 atom stereocenters. The van der Waals surface area contributed by atoms with Crippen molar-refractivity contribution in [3.8, 4) is 11.8 Å². The van der Waals surface area contributed by atoms with Gasteiger partial charge in [-0.05, 0) is 36.8 Å². The van der Waals surface area contributed by atoms with Crippen LogP contribution in [-0.4, -0.2) is 21.8 Å². The maximum atomic E-state index is 10.0. The molecule has 5 heteroatoms. The molecule has 0 spiro atoms. The summed E-state index contributed by atoms with van der Waals surface area (Å²) in [5, 5.41) is 19.2. The van der Waals surface area contributed by atoms with Crippen molar-refractivity contribution >= 4 is 11.0 Å². The number of hydrogen-bond donors (Lipinski definition) is 1. The number of methoxy groups -OCH3 is 1. The van der Waals surface area contributed by atoms with E-state index in [1.54, 1.807) is 26.2 Å². The summed E-state index contributed by atoms with van der Waals surface area (Å²) in [7, 11) is 1.55. The number of benzene rings is 2. The highest BCUT2D eigenvalue weighted by molar-refractivity contribution is 5.76. The molecule has 0 amide bonds. The van der Waals surface area contributed by atoms with Gasteiger partial charge in [-0.25, -0.2) is 4.98 Å². The number of rotatable bonds is 4. The molecule has 0 saturated heterocycles. The number of aliphatic hydroxyl groups excluding tert-OH is 1. The molecule has 0 saturated carbocycles. The Morgan fingerprint density at radius 1 is 1.30 bits per heavy atom. The number of ether oxygens (including phenoxy) is 1. The van der Waals surface area contributed by atoms with Gasteiger partial charge in [0.2, 0.25) is 0 Å². The van der Waals surface area contributed by atoms with E-state index >= 15 is 0 Å². The normalized spacial score (nSPS) is 12.1. The van der Waals surface area contributed by atoms with Gasteiger partial charge < -0.3 is 14.4 Å². The fraction of sp³-hybridized carbons (Fsp3) is 0.222. The number of fused-ring (bicyclic) bond motifs is 1. The van der Waals surface area contributed by atoms with Gasteiger partial charge in [-0.15, -0.1) is 0 Å². The molecule has 0 aliphatic rings. The van der Waals surface area contributed by atoms with Crippen molar-refractivity contribution in [2.75, 3.05) is 7.11 Å². The first kappa shape index (κ1) is 15.1. The molecular weight excluding hydrogens is 290 g/mol. The molecule has 1 N–H and O–H groups in total. The smallest absolute Gasteiger partial charge is 0.138 e. The van der Waals surface area contributed by atoms with Crippen LogP contribution in [0.25, 0.3) is 11.0 Å². The Morgan fingerprint density at radius 3 is 2.78 bits per heavy atom. The molecule has 0 bridgehead atoms. The molecule has 0 radical (unpaired) electrons. The quantitative estimate of drug-likeness (QED) is 0.804. The first-order valence-corrected chi connectivity index (χ1v) is 7.34. The molecular formula is C18H17N3O2. The SMILES string of the molecule is COc1ccc(Cn2c(C(C)O)nc3ccccc32)cc1C#N. The van der Waals surface area contributed by atoms with Crippen LogP contribution in [-0.2, 0) is 6.54 Å². The number of nitriles is 1. The van der Waals surface area contributed by atoms with Gasteiger partial charge in [0.15, 0.2) is 0 Å². The van der Waals surface area contributed by atoms with E-state index in [2.05, 4.69) is 11.1 Å². The van der Waals surface area contributed by atoms with E-state index in [1.807, 2.05) is 34.9 Å². The Morgan fingerprint density at radius 2 is 2.09 bits per heavy atom. The summed E-state index contributed by atoms with van der Waals surface area (Å²) in [6.45, 7) is 2.23. The Balaban J connectivity index is 2.08. The number of aromatic nitrogens is 2. The molecule has 1 aromatic heterocycles. The lowest BCUT2D eigenvalue weighted by Crippen LogP contribution is -2.08. The summed E-state index contributed by atoms with van der Waals surface area (Å²) in [4.78, 5) is 4.51. The maximum absolute atomic E-state index is 10.0. The Hall–Kier alpha value is -2.84. The topological polar surface area (TPSA) is 71.1 Å². The summed E-state index contributed by atoms with van der Waals surface area (Å²) in [6.07, 6.45) is -0.670. The zero-order valence-electron chi connectivity index (χ0n) is 13.0. The molecule has 0 aliphatic carbocycles. The van der Waals surface area contributed by atoms with E-state index in [0.29, 0.717) is 23.7 Å². The van der Waals surface area contributed by atoms with Gasteiger partial charge in [-0.3, -0.25) is 0 Å². The third-order valence-electron chi connectivity index (χ3n) is 3.78. The summed E-state index contributed by atoms with van der Waals surface area (Å²) in [6, 6.07) is 15.4. The van der Waals surface area contributed by atoms with Gasteiger partial charge >= 0.3 is 0 Å². The molecule has 2 aromatic carbocycles. The predicted molar refractivity (Wildman–Crippen MR) is 87.2 cm³/mol. The van der Waals surface area contributed by atoms with Gasteiger partial charge in [0, 0.05) is 6.54 Å². The Kier molecular flexibility index (Phi) is 4.00. The molecule has 0 aliphatic heterocycles. The van der Waals surface area contributed by atoms with Crippen LogP contribution in [0.5, 0.6) is 5.75 Å². The van der Waals surface area contributed by atoms with E-state index < -0.39 is 6.10 Å². The third-order valence-corrected chi connectivity index (χ3v) is 3.78. The van der Waals surface area contributed by atoms with Gasteiger partial charge in [0.25, 0.3) is 0 Å². The summed E-state index contributed by atoms with van der Waals surface area (Å²) < 4.78 is 7.15. The average molecular weight is 307 g/mol. The van der Waals surface area contributed by atoms with Crippen molar-refractivity contribution in [2.45, 2.75) is 19.6 Å². The first-order chi connectivity index (χ1) is 11.1. The molecule has 3 rings (SSSR count). The molecule has 3 aromatic rings. The van der Waals surface area contributed by atoms with Crippen LogP contribution in [0.4, 0.5) is 0 Å². The zero-order chi connectivity index (χ0) is 16.4. The zero-order valence-corrected chi connectivity index (χ0v) is 13.0. The fourth-order valence-corrected chi connectivity index (χ4v) is 2.70. The number of para-hydroxylation sites is 2. The second-order valence-electron chi connectivity index (χ2n) is 5.37. The van der Waals surface area contributed by atoms with Gasteiger partial charge in [-0.1, -0.05) is 18.2 Å². The molecule has 116 valence electrons. The lowest BCUT2D eigenvalue weighted by atomic mass is 10.1. The van der Waals surface area contributed by atoms with Crippen molar-refractivity contribution in [3.63, 3.8) is 0 Å². The number of imidazole rings is 1. The minimum atomic E-state index is -0.670. The van der Waals surface area contributed by atoms with E-state index in [1.165, 1.54) is 0 Å². The monoisotopic (exact) mass is 307 g/mol. The number of aliphatic hydroxyl groups is 1. The van der Waals surface area contributed by atoms with Crippen LogP contribution in [0.15, 0.2) is 42.5 Å². The summed E-state index contributed by atoms with van der Waals surface area (Å²) in [5.74, 6) is 1.17. The highest BCUT2D eigenvalue weighted by atomic mass is 16.5. The van der Waals surface area contributed by atoms with Crippen LogP contribution < -0.4 is 4.74 Å². The first-order valence-electron chi connectivity index (χ1n) is 7.34. The lowest BCUT2D eigenvalue weighted by molar-refractivity contribution is 0.185. The predicted octanol–water partition coefficient (Wildman–Crippen LogP) is 3.02. The van der Waals surface area contributed by atoms with E-state index in [-0.39, 0.29) is 0 Å². The third kappa shape index (κ3) is 2.77. The maximum Gasteiger partial charge on any atom is 0.138 e. The molecule has 1 heterocycles. The Labute approximate surface area is 134 Å². The summed E-state index contributed by atoms with van der Waals surface area (Å²) in [5.41, 5.74) is 3.25. The van der Waals surface area contributed by atoms with Crippen molar-refractivity contribution in [1.29, 1.82) is 5.26 Å². The van der Waals surface area contributed by atoms with Crippen molar-refractivity contribution in [2.24, 2.45) is 0 Å². The Bertz CT molecular complexity index is 891. The second kappa shape index (κ2) is 6.11. The number of nitrogens with zero attached hydrogens (tertiary/aromatic N) is 3. The summed E-state index contributed by atoms with van der Waals surface area (Å²) >= 11 is 0. The van der Waals surface area contributed by atoms with Crippen LogP contribution >= 0.6 is 0 Å². The van der Waals surface area contributed by atoms with Crippen molar-refractivity contribution < 1.29 is 9.84 Å². The highest BCUT2D eigenvalue weighted by Gasteiger charge is 2.15. The average Bonchev–Trinajstić information content (AvgIpc) is 2.94. The van der Waals surface area contributed by atoms with Gasteiger partial charge in [0.05, 0.1) is 23.7 Å². The fourth-order valence-electron chi connectivity index (χ4n) is 2.70. The molecule has 0 fully saturated rings. The van der Waals surface area contributed by atoms with Crippen molar-refractivity contribution in [1.82, 2.24) is 9.55 Å². The van der Waals surface area contributed by atoms with Gasteiger partial charge in [0.1, 0.15) is 23.7 Å². The van der Waals surface area contributed by atoms with E-state index in [4.69, 9.17) is 4.74 Å². The van der Waals surface area contributed by atoms with Crippen molar-refractivity contribution in [3.05, 3.63) is 59.4 Å². The molecule has 23 heavy (non-hydrogen) atoms. The van der Waals surface area contributed by atoms with Gasteiger partial charge in [-0.2, -0.15) is 5.26 Å². The lowest BCUT2D eigenvalue weighted by Gasteiger charge is -2.12. The largest absolute Gasteiger partial charge is 0.495 e. The van der Waals surface area contributed by atoms with E-state index in [0.717, 1.165) is 16.6 Å². The second-order valence-corrected chi connectivity index (χ2v) is 5.37. The minimum Gasteiger partial charge on any atom is -0.495 e. The highest BCUT2D eigenvalue weighted by Crippen LogP contribution is 2.24. The molecule has 5 nitrogen and oxygen atoms in total. The number of hydrogen-bond acceptors (Lipinski definition) is 4. The van der Waals surface area contributed by atoms with Crippen LogP contribution in [0.2, 0.25) is 0 Å².